The molecule has 0 saturated carbocycles. The summed E-state index contributed by atoms with van der Waals surface area (Å²) in [6.45, 7) is 0. The second-order valence-corrected chi connectivity index (χ2v) is 2.67. The Labute approximate surface area is 79.9 Å². The number of hydrogen-bond donors (Lipinski definition) is 1. The number of carboxylic acid groups (broad SMARTS) is 1. The first-order valence-corrected chi connectivity index (χ1v) is 4.11. The Morgan fingerprint density at radius 1 is 1.23 bits per heavy atom. The quantitative estimate of drug-likeness (QED) is 0.595. The van der Waals surface area contributed by atoms with E-state index in [0.717, 1.165) is 0 Å². The largest absolute Gasteiger partial charge is 0.478 e. The molecular formula is C9H7ClO3. The second kappa shape index (κ2) is 4.05. The van der Waals surface area contributed by atoms with Gasteiger partial charge in [0.2, 0.25) is 0 Å². The Morgan fingerprint density at radius 2 is 1.77 bits per heavy atom. The maximum atomic E-state index is 11.1. The van der Waals surface area contributed by atoms with Gasteiger partial charge in [0.1, 0.15) is 0 Å². The Bertz CT molecular complexity index is 346. The molecule has 0 aliphatic rings. The third-order valence-corrected chi connectivity index (χ3v) is 1.82. The summed E-state index contributed by atoms with van der Waals surface area (Å²) in [6.07, 6.45) is 0. The summed E-state index contributed by atoms with van der Waals surface area (Å²) < 4.78 is 0. The molecule has 3 nitrogen and oxygen atoms in total. The van der Waals surface area contributed by atoms with E-state index in [9.17, 15) is 9.59 Å². The first kappa shape index (κ1) is 9.74. The number of benzene rings is 1. The lowest BCUT2D eigenvalue weighted by atomic mass is 10.0. The lowest BCUT2D eigenvalue weighted by Gasteiger charge is -2.01. The van der Waals surface area contributed by atoms with Gasteiger partial charge in [0.15, 0.2) is 5.78 Å². The summed E-state index contributed by atoms with van der Waals surface area (Å²) in [5, 5.41) is 8.71. The van der Waals surface area contributed by atoms with Crippen molar-refractivity contribution in [3.05, 3.63) is 35.4 Å². The van der Waals surface area contributed by atoms with Crippen molar-refractivity contribution in [3.63, 3.8) is 0 Å². The maximum absolute atomic E-state index is 11.1. The molecule has 68 valence electrons. The number of aromatic carboxylic acids is 1. The molecule has 0 unspecified atom stereocenters. The van der Waals surface area contributed by atoms with Gasteiger partial charge in [0.05, 0.1) is 11.4 Å². The van der Waals surface area contributed by atoms with Gasteiger partial charge < -0.3 is 5.11 Å². The second-order valence-electron chi connectivity index (χ2n) is 2.41. The van der Waals surface area contributed by atoms with Gasteiger partial charge in [0, 0.05) is 5.56 Å². The van der Waals surface area contributed by atoms with Crippen LogP contribution in [0.25, 0.3) is 0 Å². The van der Waals surface area contributed by atoms with E-state index in [1.807, 2.05) is 0 Å². The molecule has 0 radical (unpaired) electrons. The third-order valence-electron chi connectivity index (χ3n) is 1.58. The van der Waals surface area contributed by atoms with Gasteiger partial charge >= 0.3 is 5.97 Å². The van der Waals surface area contributed by atoms with E-state index in [1.165, 1.54) is 12.1 Å². The number of carboxylic acids is 1. The van der Waals surface area contributed by atoms with Crippen LogP contribution in [0.1, 0.15) is 20.7 Å². The van der Waals surface area contributed by atoms with Crippen LogP contribution >= 0.6 is 11.6 Å². The van der Waals surface area contributed by atoms with Crippen LogP contribution < -0.4 is 0 Å². The van der Waals surface area contributed by atoms with Crippen LogP contribution in [-0.2, 0) is 0 Å². The summed E-state index contributed by atoms with van der Waals surface area (Å²) in [5.74, 6) is -1.70. The van der Waals surface area contributed by atoms with Crippen molar-refractivity contribution in [2.75, 3.05) is 5.88 Å². The molecule has 0 amide bonds. The molecule has 0 atom stereocenters. The molecule has 0 aliphatic carbocycles. The van der Waals surface area contributed by atoms with Crippen molar-refractivity contribution < 1.29 is 14.7 Å². The van der Waals surface area contributed by atoms with Gasteiger partial charge in [-0.05, 0) is 6.07 Å². The molecule has 0 heterocycles. The minimum atomic E-state index is -1.12. The molecule has 0 aromatic heterocycles. The van der Waals surface area contributed by atoms with E-state index in [-0.39, 0.29) is 22.8 Å². The SMILES string of the molecule is O=C(O)c1ccccc1C(=O)CCl. The minimum Gasteiger partial charge on any atom is -0.478 e. The summed E-state index contributed by atoms with van der Waals surface area (Å²) in [6, 6.07) is 6.00. The summed E-state index contributed by atoms with van der Waals surface area (Å²) >= 11 is 5.32. The summed E-state index contributed by atoms with van der Waals surface area (Å²) in [7, 11) is 0. The number of carbonyl (C=O) groups excluding carboxylic acids is 1. The third kappa shape index (κ3) is 2.06. The number of rotatable bonds is 3. The summed E-state index contributed by atoms with van der Waals surface area (Å²) in [5.41, 5.74) is 0.151. The van der Waals surface area contributed by atoms with Crippen LogP contribution in [0.4, 0.5) is 0 Å². The topological polar surface area (TPSA) is 54.4 Å². The number of hydrogen-bond acceptors (Lipinski definition) is 2. The Hall–Kier alpha value is -1.35. The van der Waals surface area contributed by atoms with E-state index < -0.39 is 5.97 Å². The van der Waals surface area contributed by atoms with Crippen LogP contribution in [0.5, 0.6) is 0 Å². The van der Waals surface area contributed by atoms with E-state index in [1.54, 1.807) is 12.1 Å². The molecule has 0 aliphatic heterocycles. The number of alkyl halides is 1. The zero-order chi connectivity index (χ0) is 9.84. The number of halogens is 1. The maximum Gasteiger partial charge on any atom is 0.336 e. The van der Waals surface area contributed by atoms with Crippen LogP contribution in [0.2, 0.25) is 0 Å². The number of Topliss-reactive ketones (excluding diaryl/α,β-unsaturated/α-hetero) is 1. The highest BCUT2D eigenvalue weighted by Gasteiger charge is 2.13. The van der Waals surface area contributed by atoms with Crippen molar-refractivity contribution in [1.29, 1.82) is 0 Å². The highest BCUT2D eigenvalue weighted by molar-refractivity contribution is 6.31. The van der Waals surface area contributed by atoms with Crippen molar-refractivity contribution in [1.82, 2.24) is 0 Å². The van der Waals surface area contributed by atoms with Crippen LogP contribution in [0.3, 0.4) is 0 Å². The Morgan fingerprint density at radius 3 is 2.23 bits per heavy atom. The predicted molar refractivity (Wildman–Crippen MR) is 48.5 cm³/mol. The molecule has 1 rings (SSSR count). The lowest BCUT2D eigenvalue weighted by Crippen LogP contribution is -2.09. The number of ketones is 1. The fourth-order valence-corrected chi connectivity index (χ4v) is 1.13. The van der Waals surface area contributed by atoms with Gasteiger partial charge in [-0.1, -0.05) is 18.2 Å². The summed E-state index contributed by atoms with van der Waals surface area (Å²) in [4.78, 5) is 21.8. The van der Waals surface area contributed by atoms with Crippen molar-refractivity contribution in [2.45, 2.75) is 0 Å². The molecule has 0 fully saturated rings. The van der Waals surface area contributed by atoms with Crippen LogP contribution in [-0.4, -0.2) is 22.7 Å². The van der Waals surface area contributed by atoms with Crippen molar-refractivity contribution in [2.24, 2.45) is 0 Å². The average Bonchev–Trinajstić information content (AvgIpc) is 2.16. The number of carbonyl (C=O) groups is 2. The van der Waals surface area contributed by atoms with Gasteiger partial charge in [-0.25, -0.2) is 4.79 Å². The molecule has 1 aromatic carbocycles. The lowest BCUT2D eigenvalue weighted by molar-refractivity contribution is 0.0692. The first-order chi connectivity index (χ1) is 6.16. The Balaban J connectivity index is 3.19. The molecule has 0 spiro atoms. The normalized spacial score (nSPS) is 9.62. The Kier molecular flexibility index (Phi) is 3.03. The highest BCUT2D eigenvalue weighted by atomic mass is 35.5. The molecule has 0 bridgehead atoms. The first-order valence-electron chi connectivity index (χ1n) is 3.58. The minimum absolute atomic E-state index is 0.00634. The van der Waals surface area contributed by atoms with Crippen LogP contribution in [0, 0.1) is 0 Å². The van der Waals surface area contributed by atoms with Crippen molar-refractivity contribution >= 4 is 23.4 Å². The molecule has 13 heavy (non-hydrogen) atoms. The monoisotopic (exact) mass is 198 g/mol. The molecule has 1 aromatic rings. The van der Waals surface area contributed by atoms with E-state index in [4.69, 9.17) is 16.7 Å². The fourth-order valence-electron chi connectivity index (χ4n) is 0.985. The van der Waals surface area contributed by atoms with E-state index in [2.05, 4.69) is 0 Å². The zero-order valence-corrected chi connectivity index (χ0v) is 7.41. The smallest absolute Gasteiger partial charge is 0.336 e. The zero-order valence-electron chi connectivity index (χ0n) is 6.66. The molecule has 4 heteroatoms. The average molecular weight is 199 g/mol. The van der Waals surface area contributed by atoms with E-state index in [0.29, 0.717) is 0 Å². The van der Waals surface area contributed by atoms with Gasteiger partial charge in [-0.15, -0.1) is 11.6 Å². The predicted octanol–water partition coefficient (Wildman–Crippen LogP) is 1.81. The molecule has 1 N–H and O–H groups in total. The van der Waals surface area contributed by atoms with Crippen molar-refractivity contribution in [3.8, 4) is 0 Å². The molecule has 0 saturated heterocycles. The van der Waals surface area contributed by atoms with Gasteiger partial charge in [-0.3, -0.25) is 4.79 Å². The van der Waals surface area contributed by atoms with Gasteiger partial charge in [-0.2, -0.15) is 0 Å². The fraction of sp³-hybridized carbons (Fsp3) is 0.111. The molecular weight excluding hydrogens is 192 g/mol. The standard InChI is InChI=1S/C9H7ClO3/c10-5-8(11)6-3-1-2-4-7(6)9(12)13/h1-4H,5H2,(H,12,13). The van der Waals surface area contributed by atoms with Gasteiger partial charge in [0.25, 0.3) is 0 Å². The highest BCUT2D eigenvalue weighted by Crippen LogP contribution is 2.10. The van der Waals surface area contributed by atoms with Crippen LogP contribution in [0.15, 0.2) is 24.3 Å². The van der Waals surface area contributed by atoms with E-state index >= 15 is 0 Å².